The van der Waals surface area contributed by atoms with Crippen molar-refractivity contribution in [1.82, 2.24) is 14.5 Å². The number of fused-ring (bicyclic) bond motifs is 1. The number of carbonyl (C=O) groups excluding carboxylic acids is 1. The van der Waals surface area contributed by atoms with E-state index in [1.165, 1.54) is 0 Å². The topological polar surface area (TPSA) is 47.8 Å². The van der Waals surface area contributed by atoms with Gasteiger partial charge in [-0.25, -0.2) is 9.97 Å². The van der Waals surface area contributed by atoms with Crippen LogP contribution in [0.2, 0.25) is 0 Å². The molecule has 0 aliphatic heterocycles. The first-order chi connectivity index (χ1) is 10.1. The Morgan fingerprint density at radius 2 is 2.10 bits per heavy atom. The van der Waals surface area contributed by atoms with Crippen molar-refractivity contribution in [3.8, 4) is 0 Å². The van der Waals surface area contributed by atoms with Crippen molar-refractivity contribution in [3.05, 3.63) is 59.8 Å². The lowest BCUT2D eigenvalue weighted by molar-refractivity contribution is 0.0977. The summed E-state index contributed by atoms with van der Waals surface area (Å²) in [5, 5.41) is 1.10. The van der Waals surface area contributed by atoms with Gasteiger partial charge in [0, 0.05) is 37.7 Å². The standard InChI is InChI=1S/C17H17N3O/c1-12-11-15(19-14-6-4-3-5-13(12)14)16(21)7-8-17-18-9-10-20(17)2/h3-6,9-11H,7-8H2,1-2H3. The molecule has 0 bridgehead atoms. The van der Waals surface area contributed by atoms with Crippen LogP contribution in [-0.4, -0.2) is 20.3 Å². The molecule has 1 aromatic carbocycles. The van der Waals surface area contributed by atoms with Gasteiger partial charge in [0.25, 0.3) is 0 Å². The Labute approximate surface area is 123 Å². The molecule has 4 nitrogen and oxygen atoms in total. The predicted molar refractivity (Wildman–Crippen MR) is 82.3 cm³/mol. The molecule has 0 aliphatic carbocycles. The van der Waals surface area contributed by atoms with E-state index in [1.54, 1.807) is 6.20 Å². The summed E-state index contributed by atoms with van der Waals surface area (Å²) >= 11 is 0. The molecule has 0 aliphatic rings. The SMILES string of the molecule is Cc1cc(C(=O)CCc2nccn2C)nc2ccccc12. The van der Waals surface area contributed by atoms with Gasteiger partial charge < -0.3 is 4.57 Å². The number of para-hydroxylation sites is 1. The number of hydrogen-bond donors (Lipinski definition) is 0. The van der Waals surface area contributed by atoms with E-state index in [2.05, 4.69) is 9.97 Å². The van der Waals surface area contributed by atoms with Gasteiger partial charge in [-0.15, -0.1) is 0 Å². The van der Waals surface area contributed by atoms with Gasteiger partial charge in [-0.05, 0) is 24.6 Å². The highest BCUT2D eigenvalue weighted by Crippen LogP contribution is 2.18. The fourth-order valence-electron chi connectivity index (χ4n) is 2.48. The molecule has 106 valence electrons. The van der Waals surface area contributed by atoms with Crippen LogP contribution in [0.3, 0.4) is 0 Å². The number of benzene rings is 1. The molecule has 0 radical (unpaired) electrons. The van der Waals surface area contributed by atoms with E-state index < -0.39 is 0 Å². The fourth-order valence-corrected chi connectivity index (χ4v) is 2.48. The smallest absolute Gasteiger partial charge is 0.181 e. The van der Waals surface area contributed by atoms with E-state index in [9.17, 15) is 4.79 Å². The molecule has 3 rings (SSSR count). The minimum atomic E-state index is 0.0619. The Bertz CT molecular complexity index is 805. The van der Waals surface area contributed by atoms with Gasteiger partial charge in [0.2, 0.25) is 0 Å². The number of pyridine rings is 1. The number of hydrogen-bond acceptors (Lipinski definition) is 3. The molecule has 21 heavy (non-hydrogen) atoms. The third-order valence-corrected chi connectivity index (χ3v) is 3.71. The highest BCUT2D eigenvalue weighted by atomic mass is 16.1. The summed E-state index contributed by atoms with van der Waals surface area (Å²) in [7, 11) is 1.94. The van der Waals surface area contributed by atoms with Crippen LogP contribution >= 0.6 is 0 Å². The van der Waals surface area contributed by atoms with Gasteiger partial charge in [0.05, 0.1) is 5.52 Å². The Kier molecular flexibility index (Phi) is 3.52. The van der Waals surface area contributed by atoms with Crippen LogP contribution in [0.4, 0.5) is 0 Å². The molecule has 2 heterocycles. The molecule has 0 unspecified atom stereocenters. The maximum Gasteiger partial charge on any atom is 0.181 e. The van der Waals surface area contributed by atoms with Crippen molar-refractivity contribution in [3.63, 3.8) is 0 Å². The second-order valence-corrected chi connectivity index (χ2v) is 5.22. The Morgan fingerprint density at radius 3 is 2.86 bits per heavy atom. The summed E-state index contributed by atoms with van der Waals surface area (Å²) in [6, 6.07) is 9.78. The highest BCUT2D eigenvalue weighted by Gasteiger charge is 2.11. The minimum Gasteiger partial charge on any atom is -0.338 e. The van der Waals surface area contributed by atoms with Crippen LogP contribution in [0.1, 0.15) is 28.3 Å². The molecule has 4 heteroatoms. The average Bonchev–Trinajstić information content (AvgIpc) is 2.90. The van der Waals surface area contributed by atoms with E-state index in [4.69, 9.17) is 0 Å². The second-order valence-electron chi connectivity index (χ2n) is 5.22. The van der Waals surface area contributed by atoms with Crippen molar-refractivity contribution in [2.24, 2.45) is 7.05 Å². The number of aryl methyl sites for hydroxylation is 3. The minimum absolute atomic E-state index is 0.0619. The molecular formula is C17H17N3O. The quantitative estimate of drug-likeness (QED) is 0.689. The van der Waals surface area contributed by atoms with Crippen molar-refractivity contribution in [2.45, 2.75) is 19.8 Å². The van der Waals surface area contributed by atoms with E-state index in [-0.39, 0.29) is 5.78 Å². The summed E-state index contributed by atoms with van der Waals surface area (Å²) in [6.07, 6.45) is 4.70. The number of carbonyl (C=O) groups is 1. The molecule has 0 spiro atoms. The Morgan fingerprint density at radius 1 is 1.29 bits per heavy atom. The number of ketones is 1. The first kappa shape index (κ1) is 13.5. The molecular weight excluding hydrogens is 262 g/mol. The Hall–Kier alpha value is -2.49. The lowest BCUT2D eigenvalue weighted by Crippen LogP contribution is -2.07. The van der Waals surface area contributed by atoms with E-state index in [1.807, 2.05) is 55.1 Å². The fraction of sp³-hybridized carbons (Fsp3) is 0.235. The molecule has 0 saturated heterocycles. The summed E-state index contributed by atoms with van der Waals surface area (Å²) in [4.78, 5) is 21.1. The number of rotatable bonds is 4. The molecule has 0 fully saturated rings. The normalized spacial score (nSPS) is 11.0. The third kappa shape index (κ3) is 2.70. The van der Waals surface area contributed by atoms with Crippen LogP contribution in [-0.2, 0) is 13.5 Å². The lowest BCUT2D eigenvalue weighted by atomic mass is 10.1. The van der Waals surface area contributed by atoms with Crippen LogP contribution in [0.5, 0.6) is 0 Å². The van der Waals surface area contributed by atoms with Crippen molar-refractivity contribution >= 4 is 16.7 Å². The van der Waals surface area contributed by atoms with Gasteiger partial charge in [-0.2, -0.15) is 0 Å². The average molecular weight is 279 g/mol. The molecule has 0 atom stereocenters. The first-order valence-electron chi connectivity index (χ1n) is 7.01. The van der Waals surface area contributed by atoms with Crippen LogP contribution < -0.4 is 0 Å². The maximum atomic E-state index is 12.3. The number of aromatic nitrogens is 3. The van der Waals surface area contributed by atoms with Gasteiger partial charge in [-0.3, -0.25) is 4.79 Å². The zero-order valence-corrected chi connectivity index (χ0v) is 12.2. The van der Waals surface area contributed by atoms with Gasteiger partial charge >= 0.3 is 0 Å². The van der Waals surface area contributed by atoms with Gasteiger partial charge in [0.1, 0.15) is 11.5 Å². The molecule has 0 amide bonds. The lowest BCUT2D eigenvalue weighted by Gasteiger charge is -2.06. The van der Waals surface area contributed by atoms with Crippen LogP contribution in [0.25, 0.3) is 10.9 Å². The van der Waals surface area contributed by atoms with E-state index in [0.29, 0.717) is 18.5 Å². The molecule has 0 saturated carbocycles. The zero-order valence-electron chi connectivity index (χ0n) is 12.2. The first-order valence-corrected chi connectivity index (χ1v) is 7.01. The molecule has 3 aromatic rings. The monoisotopic (exact) mass is 279 g/mol. The highest BCUT2D eigenvalue weighted by molar-refractivity contribution is 5.97. The zero-order chi connectivity index (χ0) is 14.8. The number of imidazole rings is 1. The van der Waals surface area contributed by atoms with Crippen LogP contribution in [0.15, 0.2) is 42.7 Å². The van der Waals surface area contributed by atoms with Gasteiger partial charge in [0.15, 0.2) is 5.78 Å². The van der Waals surface area contributed by atoms with Crippen LogP contribution in [0, 0.1) is 6.92 Å². The largest absolute Gasteiger partial charge is 0.338 e. The molecule has 0 N–H and O–H groups in total. The van der Waals surface area contributed by atoms with E-state index in [0.717, 1.165) is 22.3 Å². The summed E-state index contributed by atoms with van der Waals surface area (Å²) in [6.45, 7) is 2.01. The third-order valence-electron chi connectivity index (χ3n) is 3.71. The second kappa shape index (κ2) is 5.48. The predicted octanol–water partition coefficient (Wildman–Crippen LogP) is 3.09. The Balaban J connectivity index is 1.83. The van der Waals surface area contributed by atoms with Crippen molar-refractivity contribution < 1.29 is 4.79 Å². The summed E-state index contributed by atoms with van der Waals surface area (Å²) in [5.41, 5.74) is 2.50. The maximum absolute atomic E-state index is 12.3. The number of nitrogens with zero attached hydrogens (tertiary/aromatic N) is 3. The van der Waals surface area contributed by atoms with E-state index >= 15 is 0 Å². The molecule has 2 aromatic heterocycles. The number of Topliss-reactive ketones (excluding diaryl/α,β-unsaturated/α-hetero) is 1. The van der Waals surface area contributed by atoms with Crippen molar-refractivity contribution in [2.75, 3.05) is 0 Å². The van der Waals surface area contributed by atoms with Crippen molar-refractivity contribution in [1.29, 1.82) is 0 Å². The summed E-state index contributed by atoms with van der Waals surface area (Å²) < 4.78 is 1.94. The summed E-state index contributed by atoms with van der Waals surface area (Å²) in [5.74, 6) is 0.979. The van der Waals surface area contributed by atoms with Gasteiger partial charge in [-0.1, -0.05) is 18.2 Å².